The number of para-hydroxylation sites is 1. The van der Waals surface area contributed by atoms with E-state index >= 15 is 0 Å². The normalized spacial score (nSPS) is 11.9. The van der Waals surface area contributed by atoms with Gasteiger partial charge in [0.1, 0.15) is 11.2 Å². The van der Waals surface area contributed by atoms with Crippen molar-refractivity contribution < 1.29 is 4.42 Å². The Labute approximate surface area is 182 Å². The molecule has 2 aromatic heterocycles. The molecule has 0 saturated heterocycles. The maximum absolute atomic E-state index is 6.08. The highest BCUT2D eigenvalue weighted by Crippen LogP contribution is 2.42. The maximum Gasteiger partial charge on any atom is 0.137 e. The van der Waals surface area contributed by atoms with E-state index in [2.05, 4.69) is 90.2 Å². The first-order valence-corrected chi connectivity index (χ1v) is 11.2. The molecule has 2 heterocycles. The summed E-state index contributed by atoms with van der Waals surface area (Å²) in [6.45, 7) is 0. The molecule has 2 nitrogen and oxygen atoms in total. The number of furan rings is 1. The average molecular weight is 416 g/mol. The molecule has 0 fully saturated rings. The van der Waals surface area contributed by atoms with Gasteiger partial charge in [-0.25, -0.2) is 0 Å². The molecule has 146 valence electrons. The molecule has 0 amide bonds. The van der Waals surface area contributed by atoms with E-state index in [1.54, 1.807) is 0 Å². The van der Waals surface area contributed by atoms with Crippen molar-refractivity contribution in [2.75, 3.05) is 5.32 Å². The van der Waals surface area contributed by atoms with Crippen LogP contribution in [-0.4, -0.2) is 0 Å². The Bertz CT molecular complexity index is 1770. The second kappa shape index (κ2) is 6.34. The number of thiophene rings is 1. The van der Waals surface area contributed by atoms with E-state index in [9.17, 15) is 0 Å². The quantitative estimate of drug-likeness (QED) is 0.305. The highest BCUT2D eigenvalue weighted by molar-refractivity contribution is 7.26. The van der Waals surface area contributed by atoms with Crippen LogP contribution in [0.15, 0.2) is 101 Å². The van der Waals surface area contributed by atoms with Crippen molar-refractivity contribution in [3.63, 3.8) is 0 Å². The molecule has 1 N–H and O–H groups in total. The van der Waals surface area contributed by atoms with Crippen LogP contribution in [0.5, 0.6) is 0 Å². The Kier molecular flexibility index (Phi) is 3.46. The molecular formula is C28H17NOS. The minimum atomic E-state index is 0.902. The summed E-state index contributed by atoms with van der Waals surface area (Å²) in [6.07, 6.45) is 0. The second-order valence-electron chi connectivity index (χ2n) is 7.88. The lowest BCUT2D eigenvalue weighted by Gasteiger charge is -2.09. The monoisotopic (exact) mass is 415 g/mol. The van der Waals surface area contributed by atoms with Crippen molar-refractivity contribution in [2.45, 2.75) is 0 Å². The van der Waals surface area contributed by atoms with Gasteiger partial charge >= 0.3 is 0 Å². The van der Waals surface area contributed by atoms with Crippen LogP contribution in [0.2, 0.25) is 0 Å². The van der Waals surface area contributed by atoms with Crippen LogP contribution >= 0.6 is 11.3 Å². The molecule has 0 aliphatic heterocycles. The first-order chi connectivity index (χ1) is 15.3. The third-order valence-corrected chi connectivity index (χ3v) is 7.25. The Hall–Kier alpha value is -3.82. The van der Waals surface area contributed by atoms with Gasteiger partial charge in [-0.05, 0) is 41.1 Å². The largest absolute Gasteiger partial charge is 0.456 e. The molecule has 0 aliphatic rings. The Morgan fingerprint density at radius 1 is 0.613 bits per heavy atom. The lowest BCUT2D eigenvalue weighted by Crippen LogP contribution is -1.90. The Morgan fingerprint density at radius 3 is 2.39 bits per heavy atom. The number of benzene rings is 5. The van der Waals surface area contributed by atoms with Gasteiger partial charge in [0, 0.05) is 48.4 Å². The fraction of sp³-hybridized carbons (Fsp3) is 0. The van der Waals surface area contributed by atoms with E-state index in [1.165, 1.54) is 30.9 Å². The van der Waals surface area contributed by atoms with Gasteiger partial charge in [-0.15, -0.1) is 11.3 Å². The maximum atomic E-state index is 6.08. The fourth-order valence-corrected chi connectivity index (χ4v) is 5.88. The zero-order chi connectivity index (χ0) is 20.4. The van der Waals surface area contributed by atoms with Gasteiger partial charge in [0.2, 0.25) is 0 Å². The van der Waals surface area contributed by atoms with Crippen LogP contribution in [0.3, 0.4) is 0 Å². The van der Waals surface area contributed by atoms with E-state index in [0.717, 1.165) is 33.3 Å². The Balaban J connectivity index is 1.41. The first-order valence-electron chi connectivity index (χ1n) is 10.4. The number of hydrogen-bond donors (Lipinski definition) is 1. The minimum absolute atomic E-state index is 0.902. The van der Waals surface area contributed by atoms with Gasteiger partial charge in [-0.2, -0.15) is 0 Å². The van der Waals surface area contributed by atoms with Crippen LogP contribution in [0.1, 0.15) is 0 Å². The van der Waals surface area contributed by atoms with Gasteiger partial charge in [-0.1, -0.05) is 60.7 Å². The molecule has 7 aromatic rings. The summed E-state index contributed by atoms with van der Waals surface area (Å²) in [6, 6.07) is 34.1. The summed E-state index contributed by atoms with van der Waals surface area (Å²) in [7, 11) is 0. The second-order valence-corrected chi connectivity index (χ2v) is 8.93. The molecule has 0 unspecified atom stereocenters. The van der Waals surface area contributed by atoms with E-state index in [0.29, 0.717) is 0 Å². The lowest BCUT2D eigenvalue weighted by molar-refractivity contribution is 0.669. The molecular weight excluding hydrogens is 398 g/mol. The predicted molar refractivity (Wildman–Crippen MR) is 134 cm³/mol. The first kappa shape index (κ1) is 16.9. The summed E-state index contributed by atoms with van der Waals surface area (Å²) in [5.74, 6) is 0. The molecule has 7 rings (SSSR count). The van der Waals surface area contributed by atoms with Gasteiger partial charge in [0.15, 0.2) is 0 Å². The zero-order valence-electron chi connectivity index (χ0n) is 16.6. The molecule has 0 spiro atoms. The molecule has 31 heavy (non-hydrogen) atoms. The highest BCUT2D eigenvalue weighted by Gasteiger charge is 2.13. The van der Waals surface area contributed by atoms with E-state index < -0.39 is 0 Å². The van der Waals surface area contributed by atoms with E-state index in [1.807, 2.05) is 23.5 Å². The summed E-state index contributed by atoms with van der Waals surface area (Å²) < 4.78 is 8.72. The standard InChI is InChI=1S/C28H17NOS/c1-2-7-19-17(6-1)12-14-22-27-23(9-5-11-26(27)31-28(19)22)29-18-13-15-21-20-8-3-4-10-24(20)30-25(21)16-18/h1-16,29H. The fourth-order valence-electron chi connectivity index (χ4n) is 4.62. The topological polar surface area (TPSA) is 25.2 Å². The third kappa shape index (κ3) is 2.50. The van der Waals surface area contributed by atoms with Crippen molar-refractivity contribution in [1.29, 1.82) is 0 Å². The van der Waals surface area contributed by atoms with E-state index in [4.69, 9.17) is 4.42 Å². The van der Waals surface area contributed by atoms with Crippen LogP contribution < -0.4 is 5.32 Å². The number of anilines is 2. The van der Waals surface area contributed by atoms with E-state index in [-0.39, 0.29) is 0 Å². The third-order valence-electron chi connectivity index (χ3n) is 6.04. The van der Waals surface area contributed by atoms with Gasteiger partial charge < -0.3 is 9.73 Å². The number of rotatable bonds is 2. The van der Waals surface area contributed by atoms with Crippen molar-refractivity contribution in [1.82, 2.24) is 0 Å². The minimum Gasteiger partial charge on any atom is -0.456 e. The van der Waals surface area contributed by atoms with Crippen molar-refractivity contribution >= 4 is 75.6 Å². The van der Waals surface area contributed by atoms with Crippen LogP contribution in [-0.2, 0) is 0 Å². The summed E-state index contributed by atoms with van der Waals surface area (Å²) in [4.78, 5) is 0. The summed E-state index contributed by atoms with van der Waals surface area (Å²) in [5, 5.41) is 11.1. The van der Waals surface area contributed by atoms with Crippen molar-refractivity contribution in [2.24, 2.45) is 0 Å². The van der Waals surface area contributed by atoms with Crippen molar-refractivity contribution in [3.05, 3.63) is 97.1 Å². The van der Waals surface area contributed by atoms with Gasteiger partial charge in [0.05, 0.1) is 0 Å². The SMILES string of the molecule is c1ccc2c(c1)ccc1c2sc2cccc(Nc3ccc4c(c3)oc3ccccc34)c21. The van der Waals surface area contributed by atoms with Crippen LogP contribution in [0.25, 0.3) is 52.9 Å². The smallest absolute Gasteiger partial charge is 0.137 e. The highest BCUT2D eigenvalue weighted by atomic mass is 32.1. The number of hydrogen-bond acceptors (Lipinski definition) is 3. The van der Waals surface area contributed by atoms with Gasteiger partial charge in [0.25, 0.3) is 0 Å². The molecule has 0 atom stereocenters. The summed E-state index contributed by atoms with van der Waals surface area (Å²) in [5.41, 5.74) is 3.97. The average Bonchev–Trinajstić information content (AvgIpc) is 3.37. The summed E-state index contributed by atoms with van der Waals surface area (Å²) >= 11 is 1.86. The molecule has 0 saturated carbocycles. The zero-order valence-corrected chi connectivity index (χ0v) is 17.4. The lowest BCUT2D eigenvalue weighted by atomic mass is 10.1. The molecule has 0 bridgehead atoms. The predicted octanol–water partition coefficient (Wildman–Crippen LogP) is 8.85. The Morgan fingerprint density at radius 2 is 1.42 bits per heavy atom. The molecule has 5 aromatic carbocycles. The van der Waals surface area contributed by atoms with Crippen molar-refractivity contribution in [3.8, 4) is 0 Å². The molecule has 3 heteroatoms. The molecule has 0 radical (unpaired) electrons. The number of nitrogens with one attached hydrogen (secondary N) is 1. The molecule has 0 aliphatic carbocycles. The van der Waals surface area contributed by atoms with Gasteiger partial charge in [-0.3, -0.25) is 0 Å². The number of fused-ring (bicyclic) bond motifs is 8. The van der Waals surface area contributed by atoms with Crippen LogP contribution in [0.4, 0.5) is 11.4 Å². The van der Waals surface area contributed by atoms with Crippen LogP contribution in [0, 0.1) is 0 Å².